The fourth-order valence-electron chi connectivity index (χ4n) is 3.82. The monoisotopic (exact) mass is 363 g/mol. The number of carbonyl (C=O) groups excluding carboxylic acids is 1. The molecule has 0 unspecified atom stereocenters. The highest BCUT2D eigenvalue weighted by Crippen LogP contribution is 2.27. The number of carbonyl (C=O) groups is 1. The number of hydrogen-bond acceptors (Lipinski definition) is 4. The lowest BCUT2D eigenvalue weighted by Gasteiger charge is -2.33. The van der Waals surface area contributed by atoms with Gasteiger partial charge >= 0.3 is 0 Å². The first-order chi connectivity index (χ1) is 13.3. The lowest BCUT2D eigenvalue weighted by atomic mass is 9.97. The summed E-state index contributed by atoms with van der Waals surface area (Å²) in [5, 5.41) is 3.08. The maximum Gasteiger partial charge on any atom is 0.225 e. The van der Waals surface area contributed by atoms with Crippen LogP contribution in [-0.2, 0) is 17.9 Å². The van der Waals surface area contributed by atoms with E-state index < -0.39 is 0 Å². The fourth-order valence-corrected chi connectivity index (χ4v) is 3.82. The molecule has 6 nitrogen and oxygen atoms in total. The van der Waals surface area contributed by atoms with Crippen LogP contribution < -0.4 is 10.2 Å². The molecule has 0 radical (unpaired) electrons. The van der Waals surface area contributed by atoms with E-state index in [4.69, 9.17) is 4.98 Å². The molecule has 0 saturated carbocycles. The highest BCUT2D eigenvalue weighted by molar-refractivity contribution is 5.81. The van der Waals surface area contributed by atoms with Crippen LogP contribution in [0.15, 0.2) is 48.8 Å². The second-order valence-electron chi connectivity index (χ2n) is 7.00. The van der Waals surface area contributed by atoms with Crippen LogP contribution in [0.2, 0.25) is 0 Å². The van der Waals surface area contributed by atoms with Crippen molar-refractivity contribution in [1.29, 1.82) is 0 Å². The summed E-state index contributed by atoms with van der Waals surface area (Å²) in [6, 6.07) is 12.1. The number of fused-ring (bicyclic) bond motifs is 1. The number of aromatic nitrogens is 3. The predicted octanol–water partition coefficient (Wildman–Crippen LogP) is 2.98. The Hall–Kier alpha value is -2.89. The first-order valence-electron chi connectivity index (χ1n) is 9.63. The molecule has 1 atom stereocenters. The molecule has 1 saturated heterocycles. The number of hydrogen-bond donors (Lipinski definition) is 1. The predicted molar refractivity (Wildman–Crippen MR) is 106 cm³/mol. The Morgan fingerprint density at radius 1 is 1.22 bits per heavy atom. The molecule has 2 aromatic heterocycles. The Kier molecular flexibility index (Phi) is 5.05. The summed E-state index contributed by atoms with van der Waals surface area (Å²) in [7, 11) is 0. The number of benzene rings is 1. The van der Waals surface area contributed by atoms with E-state index in [9.17, 15) is 4.79 Å². The Balaban J connectivity index is 1.47. The topological polar surface area (TPSA) is 63.1 Å². The smallest absolute Gasteiger partial charge is 0.225 e. The third-order valence-electron chi connectivity index (χ3n) is 5.24. The highest BCUT2D eigenvalue weighted by atomic mass is 16.1. The Bertz CT molecular complexity index is 921. The van der Waals surface area contributed by atoms with E-state index in [1.165, 1.54) is 0 Å². The molecule has 4 rings (SSSR count). The van der Waals surface area contributed by atoms with Gasteiger partial charge < -0.3 is 14.8 Å². The number of nitrogens with zero attached hydrogens (tertiary/aromatic N) is 4. The zero-order chi connectivity index (χ0) is 18.6. The molecule has 1 amide bonds. The molecule has 1 fully saturated rings. The molecule has 3 aromatic rings. The van der Waals surface area contributed by atoms with E-state index >= 15 is 0 Å². The number of aryl methyl sites for hydroxylation is 1. The van der Waals surface area contributed by atoms with Crippen molar-refractivity contribution in [3.8, 4) is 0 Å². The number of para-hydroxylation sites is 2. The highest BCUT2D eigenvalue weighted by Gasteiger charge is 2.28. The molecule has 1 aliphatic rings. The summed E-state index contributed by atoms with van der Waals surface area (Å²) in [6.07, 6.45) is 5.42. The largest absolute Gasteiger partial charge is 0.352 e. The fraction of sp³-hybridized carbons (Fsp3) is 0.381. The number of nitrogens with one attached hydrogen (secondary N) is 1. The second-order valence-corrected chi connectivity index (χ2v) is 7.00. The van der Waals surface area contributed by atoms with Crippen LogP contribution >= 0.6 is 0 Å². The van der Waals surface area contributed by atoms with Gasteiger partial charge in [-0.15, -0.1) is 0 Å². The number of imidazole rings is 1. The number of rotatable bonds is 5. The maximum absolute atomic E-state index is 12.7. The van der Waals surface area contributed by atoms with Gasteiger partial charge in [0.2, 0.25) is 11.9 Å². The van der Waals surface area contributed by atoms with Crippen molar-refractivity contribution in [3.63, 3.8) is 0 Å². The molecular formula is C21H25N5O. The van der Waals surface area contributed by atoms with Gasteiger partial charge in [-0.1, -0.05) is 12.1 Å². The summed E-state index contributed by atoms with van der Waals surface area (Å²) in [5.41, 5.74) is 3.23. The number of piperidine rings is 1. The minimum atomic E-state index is -0.00861. The zero-order valence-corrected chi connectivity index (χ0v) is 15.6. The minimum Gasteiger partial charge on any atom is -0.352 e. The average molecular weight is 363 g/mol. The summed E-state index contributed by atoms with van der Waals surface area (Å²) in [4.78, 5) is 23.8. The molecule has 1 aromatic carbocycles. The number of anilines is 1. The van der Waals surface area contributed by atoms with Crippen LogP contribution in [0.5, 0.6) is 0 Å². The molecule has 0 aliphatic carbocycles. The summed E-state index contributed by atoms with van der Waals surface area (Å²) in [5.74, 6) is 1.09. The van der Waals surface area contributed by atoms with Gasteiger partial charge in [0.15, 0.2) is 0 Å². The summed E-state index contributed by atoms with van der Waals surface area (Å²) < 4.78 is 2.24. The normalized spacial score (nSPS) is 17.2. The lowest BCUT2D eigenvalue weighted by molar-refractivity contribution is -0.125. The van der Waals surface area contributed by atoms with Gasteiger partial charge in [-0.05, 0) is 49.6 Å². The van der Waals surface area contributed by atoms with E-state index in [2.05, 4.69) is 32.8 Å². The van der Waals surface area contributed by atoms with Crippen LogP contribution in [0.4, 0.5) is 5.95 Å². The molecular weight excluding hydrogens is 338 g/mol. The van der Waals surface area contributed by atoms with Crippen molar-refractivity contribution in [2.45, 2.75) is 32.9 Å². The van der Waals surface area contributed by atoms with Crippen LogP contribution in [-0.4, -0.2) is 33.5 Å². The van der Waals surface area contributed by atoms with E-state index in [0.29, 0.717) is 13.1 Å². The van der Waals surface area contributed by atoms with Crippen LogP contribution in [0, 0.1) is 5.92 Å². The average Bonchev–Trinajstić information content (AvgIpc) is 3.11. The van der Waals surface area contributed by atoms with E-state index in [1.807, 2.05) is 30.3 Å². The molecule has 6 heteroatoms. The van der Waals surface area contributed by atoms with Crippen molar-refractivity contribution in [1.82, 2.24) is 19.9 Å². The Morgan fingerprint density at radius 2 is 2.04 bits per heavy atom. The molecule has 1 aliphatic heterocycles. The van der Waals surface area contributed by atoms with Gasteiger partial charge in [0.1, 0.15) is 0 Å². The number of amides is 1. The van der Waals surface area contributed by atoms with Crippen molar-refractivity contribution in [3.05, 3.63) is 54.4 Å². The third kappa shape index (κ3) is 3.65. The SMILES string of the molecule is CCn1c(N2CCC[C@H](C(=O)NCc3ccncc3)C2)nc2ccccc21. The van der Waals surface area contributed by atoms with Crippen molar-refractivity contribution < 1.29 is 4.79 Å². The minimum absolute atomic E-state index is 0.00861. The Labute approximate surface area is 159 Å². The van der Waals surface area contributed by atoms with Gasteiger partial charge in [-0.25, -0.2) is 4.98 Å². The van der Waals surface area contributed by atoms with Crippen LogP contribution in [0.25, 0.3) is 11.0 Å². The standard InChI is InChI=1S/C21H25N5O/c1-2-26-19-8-4-3-7-18(19)24-21(26)25-13-5-6-17(15-25)20(27)23-14-16-9-11-22-12-10-16/h3-4,7-12,17H,2,5-6,13-15H2,1H3,(H,23,27)/t17-/m0/s1. The first-order valence-corrected chi connectivity index (χ1v) is 9.63. The van der Waals surface area contributed by atoms with Gasteiger partial charge in [0, 0.05) is 38.6 Å². The molecule has 3 heterocycles. The van der Waals surface area contributed by atoms with Gasteiger partial charge in [0.25, 0.3) is 0 Å². The van der Waals surface area contributed by atoms with E-state index in [1.54, 1.807) is 12.4 Å². The van der Waals surface area contributed by atoms with E-state index in [-0.39, 0.29) is 11.8 Å². The van der Waals surface area contributed by atoms with Crippen molar-refractivity contribution in [2.24, 2.45) is 5.92 Å². The lowest BCUT2D eigenvalue weighted by Crippen LogP contribution is -2.43. The Morgan fingerprint density at radius 3 is 2.85 bits per heavy atom. The molecule has 1 N–H and O–H groups in total. The molecule has 0 bridgehead atoms. The van der Waals surface area contributed by atoms with Crippen LogP contribution in [0.3, 0.4) is 0 Å². The van der Waals surface area contributed by atoms with Crippen molar-refractivity contribution in [2.75, 3.05) is 18.0 Å². The van der Waals surface area contributed by atoms with Crippen LogP contribution in [0.1, 0.15) is 25.3 Å². The van der Waals surface area contributed by atoms with Crippen molar-refractivity contribution >= 4 is 22.9 Å². The summed E-state index contributed by atoms with van der Waals surface area (Å²) in [6.45, 7) is 5.21. The van der Waals surface area contributed by atoms with Gasteiger partial charge in [-0.3, -0.25) is 9.78 Å². The maximum atomic E-state index is 12.7. The summed E-state index contributed by atoms with van der Waals surface area (Å²) >= 11 is 0. The van der Waals surface area contributed by atoms with Gasteiger partial charge in [0.05, 0.1) is 17.0 Å². The quantitative estimate of drug-likeness (QED) is 0.757. The van der Waals surface area contributed by atoms with Gasteiger partial charge in [-0.2, -0.15) is 0 Å². The zero-order valence-electron chi connectivity index (χ0n) is 15.6. The van der Waals surface area contributed by atoms with E-state index in [0.717, 1.165) is 48.5 Å². The third-order valence-corrected chi connectivity index (χ3v) is 5.24. The second kappa shape index (κ2) is 7.78. The number of pyridine rings is 1. The molecule has 27 heavy (non-hydrogen) atoms. The molecule has 140 valence electrons. The molecule has 0 spiro atoms. The first kappa shape index (κ1) is 17.5.